The quantitative estimate of drug-likeness (QED) is 0.696. The zero-order valence-corrected chi connectivity index (χ0v) is 16.9. The number of hydrogen-bond acceptors (Lipinski definition) is 5. The molecule has 29 heavy (non-hydrogen) atoms. The van der Waals surface area contributed by atoms with Gasteiger partial charge in [0, 0.05) is 17.3 Å². The summed E-state index contributed by atoms with van der Waals surface area (Å²) in [5.41, 5.74) is 3.64. The summed E-state index contributed by atoms with van der Waals surface area (Å²) in [4.78, 5) is 24.7. The van der Waals surface area contributed by atoms with E-state index in [1.165, 1.54) is 6.07 Å². The van der Waals surface area contributed by atoms with Crippen LogP contribution in [-0.4, -0.2) is 29.9 Å². The molecule has 3 aromatic rings. The van der Waals surface area contributed by atoms with Crippen molar-refractivity contribution in [1.82, 2.24) is 9.78 Å². The Kier molecular flexibility index (Phi) is 5.97. The molecule has 0 aliphatic carbocycles. The molecule has 0 aliphatic rings. The number of ether oxygens (including phenoxy) is 2. The van der Waals surface area contributed by atoms with E-state index in [1.807, 2.05) is 38.1 Å². The van der Waals surface area contributed by atoms with Crippen LogP contribution in [-0.2, 0) is 11.3 Å². The second kappa shape index (κ2) is 8.60. The highest BCUT2D eigenvalue weighted by atomic mass is 16.5. The molecule has 0 radical (unpaired) electrons. The molecule has 0 aliphatic heterocycles. The summed E-state index contributed by atoms with van der Waals surface area (Å²) in [6.07, 6.45) is 0. The van der Waals surface area contributed by atoms with Gasteiger partial charge < -0.3 is 14.8 Å². The summed E-state index contributed by atoms with van der Waals surface area (Å²) in [6.45, 7) is 3.68. The normalized spacial score (nSPS) is 10.5. The molecule has 2 aromatic carbocycles. The number of methoxy groups -OCH3 is 2. The van der Waals surface area contributed by atoms with E-state index in [-0.39, 0.29) is 18.0 Å². The van der Waals surface area contributed by atoms with Crippen LogP contribution in [0, 0.1) is 13.8 Å². The molecule has 0 bridgehead atoms. The Morgan fingerprint density at radius 1 is 1.00 bits per heavy atom. The Bertz CT molecular complexity index is 1110. The van der Waals surface area contributed by atoms with Crippen LogP contribution in [0.3, 0.4) is 0 Å². The lowest BCUT2D eigenvalue weighted by Gasteiger charge is -2.12. The van der Waals surface area contributed by atoms with Crippen LogP contribution in [0.2, 0.25) is 0 Å². The first-order valence-corrected chi connectivity index (χ1v) is 9.09. The van der Waals surface area contributed by atoms with Gasteiger partial charge in [0.2, 0.25) is 5.91 Å². The van der Waals surface area contributed by atoms with Crippen molar-refractivity contribution in [3.05, 3.63) is 70.0 Å². The van der Waals surface area contributed by atoms with E-state index in [1.54, 1.807) is 32.4 Å². The molecular weight excluding hydrogens is 370 g/mol. The van der Waals surface area contributed by atoms with Crippen molar-refractivity contribution in [2.75, 3.05) is 19.5 Å². The van der Waals surface area contributed by atoms with Gasteiger partial charge in [-0.2, -0.15) is 5.10 Å². The number of nitrogens with one attached hydrogen (secondary N) is 1. The van der Waals surface area contributed by atoms with E-state index < -0.39 is 0 Å². The smallest absolute Gasteiger partial charge is 0.267 e. The Labute approximate surface area is 168 Å². The fourth-order valence-electron chi connectivity index (χ4n) is 2.91. The Hall–Kier alpha value is -3.61. The summed E-state index contributed by atoms with van der Waals surface area (Å²) in [5.74, 6) is 0.826. The molecule has 3 rings (SSSR count). The van der Waals surface area contributed by atoms with E-state index in [0.29, 0.717) is 17.2 Å². The van der Waals surface area contributed by atoms with Gasteiger partial charge in [-0.25, -0.2) is 4.68 Å². The van der Waals surface area contributed by atoms with Crippen molar-refractivity contribution >= 4 is 11.6 Å². The largest absolute Gasteiger partial charge is 0.493 e. The number of amides is 1. The summed E-state index contributed by atoms with van der Waals surface area (Å²) in [5, 5.41) is 7.19. The van der Waals surface area contributed by atoms with Crippen molar-refractivity contribution in [1.29, 1.82) is 0 Å². The summed E-state index contributed by atoms with van der Waals surface area (Å²) >= 11 is 0. The van der Waals surface area contributed by atoms with Crippen molar-refractivity contribution in [2.45, 2.75) is 20.4 Å². The molecule has 7 nitrogen and oxygen atoms in total. The molecule has 0 saturated carbocycles. The van der Waals surface area contributed by atoms with Crippen LogP contribution in [0.15, 0.2) is 53.3 Å². The molecule has 0 fully saturated rings. The van der Waals surface area contributed by atoms with Gasteiger partial charge in [0.1, 0.15) is 6.54 Å². The first-order chi connectivity index (χ1) is 13.9. The maximum Gasteiger partial charge on any atom is 0.267 e. The summed E-state index contributed by atoms with van der Waals surface area (Å²) in [6, 6.07) is 14.2. The number of aromatic nitrogens is 2. The molecule has 150 valence electrons. The van der Waals surface area contributed by atoms with Crippen LogP contribution >= 0.6 is 0 Å². The summed E-state index contributed by atoms with van der Waals surface area (Å²) in [7, 11) is 3.11. The number of carbonyl (C=O) groups is 1. The standard InChI is InChI=1S/C22H23N3O4/c1-14-5-6-15(2)18(11-14)23-21(26)13-25-22(27)10-8-17(24-25)16-7-9-19(28-3)20(12-16)29-4/h5-12H,13H2,1-4H3,(H,23,26). The average Bonchev–Trinajstić information content (AvgIpc) is 2.71. The van der Waals surface area contributed by atoms with Gasteiger partial charge in [-0.05, 0) is 55.3 Å². The first-order valence-electron chi connectivity index (χ1n) is 9.09. The molecule has 0 saturated heterocycles. The molecule has 1 heterocycles. The third kappa shape index (κ3) is 4.63. The highest BCUT2D eigenvalue weighted by Crippen LogP contribution is 2.31. The molecule has 0 atom stereocenters. The second-order valence-electron chi connectivity index (χ2n) is 6.65. The predicted molar refractivity (Wildman–Crippen MR) is 112 cm³/mol. The molecule has 7 heteroatoms. The lowest BCUT2D eigenvalue weighted by atomic mass is 10.1. The zero-order chi connectivity index (χ0) is 21.0. The van der Waals surface area contributed by atoms with E-state index in [9.17, 15) is 9.59 Å². The minimum absolute atomic E-state index is 0.187. The molecule has 0 unspecified atom stereocenters. The number of rotatable bonds is 6. The number of benzene rings is 2. The first kappa shape index (κ1) is 20.1. The van der Waals surface area contributed by atoms with Crippen molar-refractivity contribution in [3.63, 3.8) is 0 Å². The minimum atomic E-state index is -0.356. The number of carbonyl (C=O) groups excluding carboxylic acids is 1. The SMILES string of the molecule is COc1ccc(-c2ccc(=O)n(CC(=O)Nc3cc(C)ccc3C)n2)cc1OC. The summed E-state index contributed by atoms with van der Waals surface area (Å²) < 4.78 is 11.7. The number of anilines is 1. The molecular formula is C22H23N3O4. The van der Waals surface area contributed by atoms with Crippen LogP contribution < -0.4 is 20.3 Å². The molecule has 0 spiro atoms. The molecule has 1 amide bonds. The van der Waals surface area contributed by atoms with Gasteiger partial charge in [0.15, 0.2) is 11.5 Å². The van der Waals surface area contributed by atoms with Crippen molar-refractivity contribution in [2.24, 2.45) is 0 Å². The van der Waals surface area contributed by atoms with Gasteiger partial charge in [0.05, 0.1) is 19.9 Å². The third-order valence-corrected chi connectivity index (χ3v) is 4.51. The Morgan fingerprint density at radius 2 is 1.76 bits per heavy atom. The van der Waals surface area contributed by atoms with Crippen LogP contribution in [0.25, 0.3) is 11.3 Å². The van der Waals surface area contributed by atoms with E-state index in [2.05, 4.69) is 10.4 Å². The van der Waals surface area contributed by atoms with Gasteiger partial charge in [-0.15, -0.1) is 0 Å². The number of hydrogen-bond donors (Lipinski definition) is 1. The Morgan fingerprint density at radius 3 is 2.48 bits per heavy atom. The minimum Gasteiger partial charge on any atom is -0.493 e. The maximum absolute atomic E-state index is 12.5. The monoisotopic (exact) mass is 393 g/mol. The fourth-order valence-corrected chi connectivity index (χ4v) is 2.91. The van der Waals surface area contributed by atoms with Gasteiger partial charge >= 0.3 is 0 Å². The second-order valence-corrected chi connectivity index (χ2v) is 6.65. The molecule has 1 N–H and O–H groups in total. The van der Waals surface area contributed by atoms with Crippen LogP contribution in [0.1, 0.15) is 11.1 Å². The highest BCUT2D eigenvalue weighted by molar-refractivity contribution is 5.91. The van der Waals surface area contributed by atoms with E-state index in [0.717, 1.165) is 27.1 Å². The third-order valence-electron chi connectivity index (χ3n) is 4.51. The van der Waals surface area contributed by atoms with Crippen molar-refractivity contribution < 1.29 is 14.3 Å². The molecule has 1 aromatic heterocycles. The van der Waals surface area contributed by atoms with Crippen LogP contribution in [0.5, 0.6) is 11.5 Å². The van der Waals surface area contributed by atoms with Gasteiger partial charge in [-0.3, -0.25) is 9.59 Å². The van der Waals surface area contributed by atoms with E-state index in [4.69, 9.17) is 9.47 Å². The topological polar surface area (TPSA) is 82.5 Å². The predicted octanol–water partition coefficient (Wildman–Crippen LogP) is 3.18. The van der Waals surface area contributed by atoms with E-state index >= 15 is 0 Å². The lowest BCUT2D eigenvalue weighted by molar-refractivity contribution is -0.117. The number of nitrogens with zero attached hydrogens (tertiary/aromatic N) is 2. The van der Waals surface area contributed by atoms with Crippen LogP contribution in [0.4, 0.5) is 5.69 Å². The fraction of sp³-hybridized carbons (Fsp3) is 0.227. The lowest BCUT2D eigenvalue weighted by Crippen LogP contribution is -2.29. The van der Waals surface area contributed by atoms with Gasteiger partial charge in [0.25, 0.3) is 5.56 Å². The number of aryl methyl sites for hydroxylation is 2. The van der Waals surface area contributed by atoms with Gasteiger partial charge in [-0.1, -0.05) is 12.1 Å². The Balaban J connectivity index is 1.85. The maximum atomic E-state index is 12.5. The average molecular weight is 393 g/mol. The highest BCUT2D eigenvalue weighted by Gasteiger charge is 2.11. The zero-order valence-electron chi connectivity index (χ0n) is 16.9. The van der Waals surface area contributed by atoms with Crippen molar-refractivity contribution in [3.8, 4) is 22.8 Å².